The lowest BCUT2D eigenvalue weighted by molar-refractivity contribution is 0.0695. The zero-order chi connectivity index (χ0) is 21.6. The summed E-state index contributed by atoms with van der Waals surface area (Å²) in [5.74, 6) is 2.04. The number of likely N-dealkylation sites (tertiary alicyclic amines) is 1. The van der Waals surface area contributed by atoms with Crippen LogP contribution in [0.15, 0.2) is 57.5 Å². The van der Waals surface area contributed by atoms with E-state index in [9.17, 15) is 4.79 Å². The van der Waals surface area contributed by atoms with Crippen LogP contribution in [-0.4, -0.2) is 40.6 Å². The van der Waals surface area contributed by atoms with Gasteiger partial charge in [-0.15, -0.1) is 0 Å². The van der Waals surface area contributed by atoms with Crippen LogP contribution in [0, 0.1) is 0 Å². The topological polar surface area (TPSA) is 68.5 Å². The van der Waals surface area contributed by atoms with E-state index in [0.717, 1.165) is 48.0 Å². The van der Waals surface area contributed by atoms with Crippen LogP contribution in [-0.2, 0) is 0 Å². The van der Waals surface area contributed by atoms with Crippen molar-refractivity contribution >= 4 is 21.8 Å². The van der Waals surface area contributed by atoms with Gasteiger partial charge >= 0.3 is 0 Å². The van der Waals surface area contributed by atoms with Gasteiger partial charge in [0.15, 0.2) is 0 Å². The number of benzene rings is 2. The van der Waals surface area contributed by atoms with E-state index >= 15 is 0 Å². The maximum absolute atomic E-state index is 13.0. The van der Waals surface area contributed by atoms with Crippen molar-refractivity contribution in [1.29, 1.82) is 0 Å². The molecular weight excluding hydrogens is 458 g/mol. The van der Waals surface area contributed by atoms with Crippen LogP contribution in [0.5, 0.6) is 5.75 Å². The first-order valence-electron chi connectivity index (χ1n) is 10.8. The average molecular weight is 484 g/mol. The lowest BCUT2D eigenvalue weighted by Gasteiger charge is -2.31. The third-order valence-corrected chi connectivity index (χ3v) is 6.00. The molecule has 31 heavy (non-hydrogen) atoms. The number of aromatic nitrogens is 2. The Balaban J connectivity index is 1.40. The lowest BCUT2D eigenvalue weighted by atomic mass is 9.97. The number of carbonyl (C=O) groups excluding carboxylic acids is 1. The summed E-state index contributed by atoms with van der Waals surface area (Å²) in [5, 5.41) is 4.14. The number of carbonyl (C=O) groups is 1. The number of unbranched alkanes of at least 4 members (excludes halogenated alkanes) is 1. The van der Waals surface area contributed by atoms with Crippen molar-refractivity contribution in [2.24, 2.45) is 0 Å². The number of amides is 1. The molecule has 0 saturated carbocycles. The first-order chi connectivity index (χ1) is 15.1. The van der Waals surface area contributed by atoms with Crippen LogP contribution in [0.4, 0.5) is 0 Å². The van der Waals surface area contributed by atoms with Crippen LogP contribution in [0.25, 0.3) is 11.4 Å². The summed E-state index contributed by atoms with van der Waals surface area (Å²) >= 11 is 3.43. The summed E-state index contributed by atoms with van der Waals surface area (Å²) in [6, 6.07) is 15.2. The molecule has 1 amide bonds. The van der Waals surface area contributed by atoms with E-state index in [1.54, 1.807) is 0 Å². The van der Waals surface area contributed by atoms with Crippen LogP contribution < -0.4 is 4.74 Å². The molecule has 0 bridgehead atoms. The molecule has 2 heterocycles. The summed E-state index contributed by atoms with van der Waals surface area (Å²) in [6.07, 6.45) is 3.95. The number of piperidine rings is 1. The van der Waals surface area contributed by atoms with E-state index in [1.807, 2.05) is 53.4 Å². The third-order valence-electron chi connectivity index (χ3n) is 5.47. The third kappa shape index (κ3) is 5.34. The molecule has 1 saturated heterocycles. The quantitative estimate of drug-likeness (QED) is 0.403. The standard InChI is InChI=1S/C24H26BrN3O3/c1-2-3-15-30-21-12-8-18(9-13-21)24(29)28-14-4-5-19(16-28)23-26-22(27-31-23)17-6-10-20(25)11-7-17/h6-13,19H,2-5,14-16H2,1H3. The minimum absolute atomic E-state index is 0.0254. The highest BCUT2D eigenvalue weighted by molar-refractivity contribution is 9.10. The summed E-state index contributed by atoms with van der Waals surface area (Å²) in [6.45, 7) is 4.14. The van der Waals surface area contributed by atoms with Gasteiger partial charge in [-0.2, -0.15) is 4.98 Å². The monoisotopic (exact) mass is 483 g/mol. The molecule has 1 aromatic heterocycles. The van der Waals surface area contributed by atoms with Crippen LogP contribution >= 0.6 is 15.9 Å². The summed E-state index contributed by atoms with van der Waals surface area (Å²) in [4.78, 5) is 19.5. The fourth-order valence-electron chi connectivity index (χ4n) is 3.69. The van der Waals surface area contributed by atoms with Crippen LogP contribution in [0.2, 0.25) is 0 Å². The van der Waals surface area contributed by atoms with Gasteiger partial charge in [-0.25, -0.2) is 0 Å². The zero-order valence-electron chi connectivity index (χ0n) is 17.6. The Morgan fingerprint density at radius 1 is 1.19 bits per heavy atom. The number of hydrogen-bond acceptors (Lipinski definition) is 5. The second-order valence-electron chi connectivity index (χ2n) is 7.78. The van der Waals surface area contributed by atoms with E-state index in [0.29, 0.717) is 30.4 Å². The van der Waals surface area contributed by atoms with Gasteiger partial charge in [-0.1, -0.05) is 34.4 Å². The molecule has 1 aliphatic heterocycles. The van der Waals surface area contributed by atoms with Gasteiger partial charge in [0.05, 0.1) is 12.5 Å². The van der Waals surface area contributed by atoms with Gasteiger partial charge in [0.2, 0.25) is 11.7 Å². The zero-order valence-corrected chi connectivity index (χ0v) is 19.2. The van der Waals surface area contributed by atoms with Crippen molar-refractivity contribution in [2.75, 3.05) is 19.7 Å². The smallest absolute Gasteiger partial charge is 0.253 e. The van der Waals surface area contributed by atoms with Crippen molar-refractivity contribution in [3.05, 3.63) is 64.5 Å². The van der Waals surface area contributed by atoms with Crippen LogP contribution in [0.3, 0.4) is 0 Å². The summed E-state index contributed by atoms with van der Waals surface area (Å²) in [7, 11) is 0. The molecule has 1 aliphatic rings. The van der Waals surface area contributed by atoms with E-state index in [2.05, 4.69) is 33.0 Å². The predicted octanol–water partition coefficient (Wildman–Crippen LogP) is 5.70. The molecule has 0 radical (unpaired) electrons. The van der Waals surface area contributed by atoms with Crippen molar-refractivity contribution in [1.82, 2.24) is 15.0 Å². The second-order valence-corrected chi connectivity index (χ2v) is 8.70. The number of ether oxygens (including phenoxy) is 1. The molecule has 0 aliphatic carbocycles. The SMILES string of the molecule is CCCCOc1ccc(C(=O)N2CCCC(c3nc(-c4ccc(Br)cc4)no3)C2)cc1. The molecular formula is C24H26BrN3O3. The number of hydrogen-bond donors (Lipinski definition) is 0. The number of nitrogens with zero attached hydrogens (tertiary/aromatic N) is 3. The van der Waals surface area contributed by atoms with Gasteiger partial charge in [-0.05, 0) is 67.8 Å². The number of halogens is 1. The van der Waals surface area contributed by atoms with Gasteiger partial charge in [0.25, 0.3) is 5.91 Å². The Morgan fingerprint density at radius 2 is 1.97 bits per heavy atom. The molecule has 0 N–H and O–H groups in total. The molecule has 1 atom stereocenters. The van der Waals surface area contributed by atoms with Crippen molar-refractivity contribution in [3.8, 4) is 17.1 Å². The maximum atomic E-state index is 13.0. The van der Waals surface area contributed by atoms with E-state index in [-0.39, 0.29) is 11.8 Å². The highest BCUT2D eigenvalue weighted by Crippen LogP contribution is 2.29. The molecule has 2 aromatic carbocycles. The Hall–Kier alpha value is -2.67. The molecule has 3 aromatic rings. The molecule has 6 nitrogen and oxygen atoms in total. The molecule has 4 rings (SSSR count). The fourth-order valence-corrected chi connectivity index (χ4v) is 3.96. The molecule has 0 spiro atoms. The maximum Gasteiger partial charge on any atom is 0.253 e. The molecule has 1 unspecified atom stereocenters. The van der Waals surface area contributed by atoms with E-state index < -0.39 is 0 Å². The molecule has 162 valence electrons. The Labute approximate surface area is 190 Å². The summed E-state index contributed by atoms with van der Waals surface area (Å²) < 4.78 is 12.3. The highest BCUT2D eigenvalue weighted by atomic mass is 79.9. The van der Waals surface area contributed by atoms with Gasteiger partial charge in [-0.3, -0.25) is 4.79 Å². The Kier molecular flexibility index (Phi) is 7.02. The Morgan fingerprint density at radius 3 is 2.71 bits per heavy atom. The fraction of sp³-hybridized carbons (Fsp3) is 0.375. The minimum Gasteiger partial charge on any atom is -0.494 e. The first kappa shape index (κ1) is 21.6. The van der Waals surface area contributed by atoms with Gasteiger partial charge in [0, 0.05) is 28.7 Å². The minimum atomic E-state index is 0.0254. The Bertz CT molecular complexity index is 1000. The molecule has 1 fully saturated rings. The van der Waals surface area contributed by atoms with Crippen molar-refractivity contribution in [3.63, 3.8) is 0 Å². The van der Waals surface area contributed by atoms with Gasteiger partial charge in [0.1, 0.15) is 5.75 Å². The summed E-state index contributed by atoms with van der Waals surface area (Å²) in [5.41, 5.74) is 1.58. The van der Waals surface area contributed by atoms with Crippen molar-refractivity contribution < 1.29 is 14.1 Å². The lowest BCUT2D eigenvalue weighted by Crippen LogP contribution is -2.39. The normalized spacial score (nSPS) is 16.3. The van der Waals surface area contributed by atoms with Crippen molar-refractivity contribution in [2.45, 2.75) is 38.5 Å². The van der Waals surface area contributed by atoms with E-state index in [1.165, 1.54) is 0 Å². The molecule has 7 heteroatoms. The van der Waals surface area contributed by atoms with E-state index in [4.69, 9.17) is 9.26 Å². The van der Waals surface area contributed by atoms with Crippen LogP contribution in [0.1, 0.15) is 54.8 Å². The average Bonchev–Trinajstić information content (AvgIpc) is 3.30. The first-order valence-corrected chi connectivity index (χ1v) is 11.5. The number of rotatable bonds is 7. The second kappa shape index (κ2) is 10.1. The largest absolute Gasteiger partial charge is 0.494 e. The van der Waals surface area contributed by atoms with Gasteiger partial charge < -0.3 is 14.2 Å². The highest BCUT2D eigenvalue weighted by Gasteiger charge is 2.29. The predicted molar refractivity (Wildman–Crippen MR) is 122 cm³/mol.